The molecule has 248 valence electrons. The minimum Gasteiger partial charge on any atom is -0.456 e. The van der Waals surface area contributed by atoms with Gasteiger partial charge in [0.2, 0.25) is 0 Å². The van der Waals surface area contributed by atoms with Gasteiger partial charge in [-0.1, -0.05) is 135 Å². The Balaban J connectivity index is 0.000000126. The van der Waals surface area contributed by atoms with Crippen LogP contribution in [0.4, 0.5) is 17.1 Å². The minimum absolute atomic E-state index is 0.857. The standard InChI is InChI=1S/C22H14BrNO.C17H11BrO.C6H5I/c23-16-11-13-21-20(14-16)24(17-7-2-1-3-8-17)19-12-10-15-6-4-5-9-18(15)22(19)25-21;18-14-7-8-16-13(10-14)9-12-6-5-11-3-1-2-4-15(11)17(12)19-16;7-6-4-2-1-3-5-6/h1-14H;1-8,10H,9H2;1-5H. The maximum Gasteiger partial charge on any atom is 0.159 e. The first-order chi connectivity index (χ1) is 25.0. The number of anilines is 3. The van der Waals surface area contributed by atoms with E-state index in [0.29, 0.717) is 0 Å². The van der Waals surface area contributed by atoms with Gasteiger partial charge < -0.3 is 14.4 Å². The lowest BCUT2D eigenvalue weighted by molar-refractivity contribution is 0.465. The molecular formula is C45H30Br2INO2. The Labute approximate surface area is 327 Å². The summed E-state index contributed by atoms with van der Waals surface area (Å²) < 4.78 is 15.9. The maximum atomic E-state index is 6.33. The predicted molar refractivity (Wildman–Crippen MR) is 227 cm³/mol. The van der Waals surface area contributed by atoms with Crippen LogP contribution in [0.1, 0.15) is 11.1 Å². The van der Waals surface area contributed by atoms with Gasteiger partial charge in [0.1, 0.15) is 11.5 Å². The van der Waals surface area contributed by atoms with E-state index in [2.05, 4.69) is 181 Å². The lowest BCUT2D eigenvalue weighted by Crippen LogP contribution is -2.15. The molecule has 2 aliphatic heterocycles. The number of rotatable bonds is 1. The van der Waals surface area contributed by atoms with Gasteiger partial charge in [0, 0.05) is 41.0 Å². The molecule has 51 heavy (non-hydrogen) atoms. The fraction of sp³-hybridized carbons (Fsp3) is 0.0222. The van der Waals surface area contributed by atoms with Gasteiger partial charge in [-0.3, -0.25) is 0 Å². The van der Waals surface area contributed by atoms with Crippen molar-refractivity contribution in [3.8, 4) is 23.0 Å². The Morgan fingerprint density at radius 1 is 0.471 bits per heavy atom. The quantitative estimate of drug-likeness (QED) is 0.153. The zero-order valence-electron chi connectivity index (χ0n) is 27.3. The summed E-state index contributed by atoms with van der Waals surface area (Å²) in [7, 11) is 0. The molecule has 2 aliphatic rings. The van der Waals surface area contributed by atoms with Gasteiger partial charge in [-0.2, -0.15) is 0 Å². The lowest BCUT2D eigenvalue weighted by atomic mass is 9.97. The van der Waals surface area contributed by atoms with Gasteiger partial charge in [-0.25, -0.2) is 0 Å². The molecule has 0 saturated heterocycles. The molecule has 10 rings (SSSR count). The van der Waals surface area contributed by atoms with Gasteiger partial charge in [0.05, 0.1) is 11.4 Å². The molecule has 0 spiro atoms. The molecule has 0 atom stereocenters. The summed E-state index contributed by atoms with van der Waals surface area (Å²) in [4.78, 5) is 2.26. The fourth-order valence-electron chi connectivity index (χ4n) is 6.42. The van der Waals surface area contributed by atoms with Crippen LogP contribution >= 0.6 is 54.5 Å². The smallest absolute Gasteiger partial charge is 0.159 e. The third-order valence-corrected chi connectivity index (χ3v) is 10.5. The van der Waals surface area contributed by atoms with Crippen molar-refractivity contribution >= 4 is 93.1 Å². The summed E-state index contributed by atoms with van der Waals surface area (Å²) in [5, 5.41) is 4.71. The van der Waals surface area contributed by atoms with E-state index in [1.54, 1.807) is 0 Å². The summed E-state index contributed by atoms with van der Waals surface area (Å²) in [6, 6.07) is 58.2. The number of hydrogen-bond donors (Lipinski definition) is 0. The van der Waals surface area contributed by atoms with Crippen LogP contribution in [0.2, 0.25) is 0 Å². The summed E-state index contributed by atoms with van der Waals surface area (Å²) >= 11 is 9.38. The second kappa shape index (κ2) is 14.9. The largest absolute Gasteiger partial charge is 0.456 e. The Kier molecular flexibility index (Phi) is 9.80. The average Bonchev–Trinajstić information content (AvgIpc) is 3.17. The Morgan fingerprint density at radius 3 is 1.73 bits per heavy atom. The van der Waals surface area contributed by atoms with Crippen LogP contribution in [0.15, 0.2) is 179 Å². The van der Waals surface area contributed by atoms with Crippen LogP contribution in [0.5, 0.6) is 23.0 Å². The van der Waals surface area contributed by atoms with Crippen molar-refractivity contribution in [2.45, 2.75) is 6.42 Å². The van der Waals surface area contributed by atoms with Crippen LogP contribution in [0.25, 0.3) is 21.5 Å². The van der Waals surface area contributed by atoms with Crippen LogP contribution in [-0.4, -0.2) is 0 Å². The van der Waals surface area contributed by atoms with Crippen molar-refractivity contribution in [1.29, 1.82) is 0 Å². The van der Waals surface area contributed by atoms with Crippen molar-refractivity contribution in [2.24, 2.45) is 0 Å². The molecule has 0 saturated carbocycles. The number of nitrogens with zero attached hydrogens (tertiary/aromatic N) is 1. The maximum absolute atomic E-state index is 6.33. The first-order valence-corrected chi connectivity index (χ1v) is 19.2. The van der Waals surface area contributed by atoms with Crippen LogP contribution < -0.4 is 14.4 Å². The SMILES string of the molecule is Brc1ccc2c(c1)Cc1ccc3ccccc3c1O2.Brc1ccc2c(c1)N(c1ccccc1)c1ccc3ccccc3c1O2.Ic1ccccc1. The molecule has 0 N–H and O–H groups in total. The van der Waals surface area contributed by atoms with E-state index >= 15 is 0 Å². The molecule has 8 aromatic carbocycles. The number of hydrogen-bond acceptors (Lipinski definition) is 3. The van der Waals surface area contributed by atoms with E-state index in [1.807, 2.05) is 48.5 Å². The highest BCUT2D eigenvalue weighted by Crippen LogP contribution is 2.53. The van der Waals surface area contributed by atoms with E-state index in [-0.39, 0.29) is 0 Å². The highest BCUT2D eigenvalue weighted by Gasteiger charge is 2.27. The van der Waals surface area contributed by atoms with E-state index in [0.717, 1.165) is 60.8 Å². The number of ether oxygens (including phenoxy) is 2. The van der Waals surface area contributed by atoms with Crippen molar-refractivity contribution < 1.29 is 9.47 Å². The third-order valence-electron chi connectivity index (χ3n) is 8.80. The van der Waals surface area contributed by atoms with Gasteiger partial charge in [0.15, 0.2) is 11.5 Å². The molecule has 0 amide bonds. The summed E-state index contributed by atoms with van der Waals surface area (Å²) in [5.41, 5.74) is 5.68. The fourth-order valence-corrected chi connectivity index (χ4v) is 7.60. The molecule has 0 radical (unpaired) electrons. The summed E-state index contributed by atoms with van der Waals surface area (Å²) in [5.74, 6) is 3.73. The highest BCUT2D eigenvalue weighted by molar-refractivity contribution is 14.1. The van der Waals surface area contributed by atoms with Gasteiger partial charge in [0.25, 0.3) is 0 Å². The number of halogens is 3. The molecule has 2 heterocycles. The summed E-state index contributed by atoms with van der Waals surface area (Å²) in [6.45, 7) is 0. The first kappa shape index (κ1) is 33.5. The van der Waals surface area contributed by atoms with Gasteiger partial charge in [-0.15, -0.1) is 0 Å². The molecule has 6 heteroatoms. The molecule has 3 nitrogen and oxygen atoms in total. The molecular weight excluding hydrogens is 873 g/mol. The van der Waals surface area contributed by atoms with Crippen molar-refractivity contribution in [3.63, 3.8) is 0 Å². The normalized spacial score (nSPS) is 12.0. The predicted octanol–water partition coefficient (Wildman–Crippen LogP) is 14.8. The third kappa shape index (κ3) is 7.13. The molecule has 0 aromatic heterocycles. The second-order valence-corrected chi connectivity index (χ2v) is 15.2. The average molecular weight is 903 g/mol. The zero-order chi connectivity index (χ0) is 34.7. The highest BCUT2D eigenvalue weighted by atomic mass is 127. The Morgan fingerprint density at radius 2 is 1.04 bits per heavy atom. The second-order valence-electron chi connectivity index (χ2n) is 12.1. The molecule has 0 bridgehead atoms. The van der Waals surface area contributed by atoms with E-state index in [4.69, 9.17) is 9.47 Å². The molecule has 0 aliphatic carbocycles. The lowest BCUT2D eigenvalue weighted by Gasteiger charge is -2.33. The Hall–Kier alpha value is -4.63. The number of fused-ring (bicyclic) bond motifs is 8. The first-order valence-electron chi connectivity index (χ1n) is 16.5. The number of para-hydroxylation sites is 1. The number of benzene rings is 8. The Bertz CT molecular complexity index is 2510. The topological polar surface area (TPSA) is 21.7 Å². The van der Waals surface area contributed by atoms with E-state index in [1.165, 1.54) is 30.9 Å². The van der Waals surface area contributed by atoms with Gasteiger partial charge >= 0.3 is 0 Å². The summed E-state index contributed by atoms with van der Waals surface area (Å²) in [6.07, 6.45) is 0.926. The van der Waals surface area contributed by atoms with Crippen LogP contribution in [0, 0.1) is 3.57 Å². The van der Waals surface area contributed by atoms with Crippen LogP contribution in [-0.2, 0) is 6.42 Å². The van der Waals surface area contributed by atoms with Crippen molar-refractivity contribution in [1.82, 2.24) is 0 Å². The van der Waals surface area contributed by atoms with Crippen LogP contribution in [0.3, 0.4) is 0 Å². The monoisotopic (exact) mass is 901 g/mol. The van der Waals surface area contributed by atoms with E-state index in [9.17, 15) is 0 Å². The van der Waals surface area contributed by atoms with Crippen molar-refractivity contribution in [2.75, 3.05) is 4.90 Å². The zero-order valence-corrected chi connectivity index (χ0v) is 32.6. The minimum atomic E-state index is 0.857. The molecule has 0 fully saturated rings. The van der Waals surface area contributed by atoms with Gasteiger partial charge in [-0.05, 0) is 106 Å². The molecule has 8 aromatic rings. The van der Waals surface area contributed by atoms with Crippen molar-refractivity contribution in [3.05, 3.63) is 194 Å². The molecule has 0 unspecified atom stereocenters. The van der Waals surface area contributed by atoms with E-state index < -0.39 is 0 Å².